The summed E-state index contributed by atoms with van der Waals surface area (Å²) < 4.78 is 7.21. The highest BCUT2D eigenvalue weighted by molar-refractivity contribution is 6.06. The Bertz CT molecular complexity index is 1110. The molecule has 142 valence electrons. The number of carbonyl (C=O) groups excluding carboxylic acids is 2. The number of pyridine rings is 1. The van der Waals surface area contributed by atoms with Crippen LogP contribution in [0.3, 0.4) is 0 Å². The van der Waals surface area contributed by atoms with Crippen LogP contribution in [0.15, 0.2) is 63.9 Å². The van der Waals surface area contributed by atoms with Crippen molar-refractivity contribution in [3.05, 3.63) is 87.7 Å². The lowest BCUT2D eigenvalue weighted by molar-refractivity contribution is 0.0953. The minimum absolute atomic E-state index is 0.143. The molecule has 0 aliphatic carbocycles. The second-order valence-corrected chi connectivity index (χ2v) is 6.66. The molecule has 0 fully saturated rings. The van der Waals surface area contributed by atoms with Gasteiger partial charge in [-0.15, -0.1) is 0 Å². The summed E-state index contributed by atoms with van der Waals surface area (Å²) in [6.07, 6.45) is 3.09. The fraction of sp³-hybridized carbons (Fsp3) is 0.190. The van der Waals surface area contributed by atoms with Crippen LogP contribution >= 0.6 is 0 Å². The first-order chi connectivity index (χ1) is 13.5. The van der Waals surface area contributed by atoms with Crippen LogP contribution < -0.4 is 16.2 Å². The molecule has 1 aliphatic rings. The fourth-order valence-corrected chi connectivity index (χ4v) is 3.54. The van der Waals surface area contributed by atoms with Gasteiger partial charge in [-0.1, -0.05) is 12.1 Å². The third-order valence-electron chi connectivity index (χ3n) is 4.86. The predicted molar refractivity (Wildman–Crippen MR) is 103 cm³/mol. The van der Waals surface area contributed by atoms with Gasteiger partial charge in [-0.2, -0.15) is 0 Å². The van der Waals surface area contributed by atoms with E-state index in [2.05, 4.69) is 0 Å². The number of carbonyl (C=O) groups is 2. The highest BCUT2D eigenvalue weighted by atomic mass is 16.4. The third kappa shape index (κ3) is 3.22. The van der Waals surface area contributed by atoms with E-state index in [1.807, 2.05) is 6.07 Å². The lowest BCUT2D eigenvalue weighted by Crippen LogP contribution is -2.36. The summed E-state index contributed by atoms with van der Waals surface area (Å²) in [6.45, 7) is 0.775. The number of benzene rings is 1. The van der Waals surface area contributed by atoms with Crippen molar-refractivity contribution in [1.29, 1.82) is 0 Å². The molecule has 0 bridgehead atoms. The molecule has 0 atom stereocenters. The maximum Gasteiger partial charge on any atom is 0.293 e. The van der Waals surface area contributed by atoms with Crippen molar-refractivity contribution >= 4 is 17.5 Å². The van der Waals surface area contributed by atoms with Crippen molar-refractivity contribution in [2.45, 2.75) is 19.4 Å². The largest absolute Gasteiger partial charge is 0.454 e. The number of amides is 2. The van der Waals surface area contributed by atoms with E-state index in [1.165, 1.54) is 10.6 Å². The lowest BCUT2D eigenvalue weighted by Gasteiger charge is -2.29. The molecule has 0 spiro atoms. The van der Waals surface area contributed by atoms with E-state index in [0.29, 0.717) is 30.0 Å². The Morgan fingerprint density at radius 1 is 1.07 bits per heavy atom. The highest BCUT2D eigenvalue weighted by Gasteiger charge is 2.28. The number of rotatable bonds is 4. The maximum absolute atomic E-state index is 13.0. The molecular formula is C21H19N3O4. The molecule has 7 nitrogen and oxygen atoms in total. The zero-order valence-electron chi connectivity index (χ0n) is 15.1. The van der Waals surface area contributed by atoms with Crippen LogP contribution in [0.4, 0.5) is 5.69 Å². The molecule has 0 saturated carbocycles. The van der Waals surface area contributed by atoms with E-state index in [-0.39, 0.29) is 23.8 Å². The summed E-state index contributed by atoms with van der Waals surface area (Å²) in [4.78, 5) is 38.2. The number of fused-ring (bicyclic) bond motifs is 1. The number of hydrogen-bond donors (Lipinski definition) is 1. The minimum Gasteiger partial charge on any atom is -0.454 e. The molecule has 0 saturated heterocycles. The molecule has 2 aromatic heterocycles. The topological polar surface area (TPSA) is 98.5 Å². The molecule has 1 aliphatic heterocycles. The van der Waals surface area contributed by atoms with Crippen molar-refractivity contribution in [3.63, 3.8) is 0 Å². The maximum atomic E-state index is 13.0. The summed E-state index contributed by atoms with van der Waals surface area (Å²) in [5, 5.41) is 0. The Balaban J connectivity index is 1.61. The average molecular weight is 377 g/mol. The van der Waals surface area contributed by atoms with E-state index < -0.39 is 5.91 Å². The zero-order valence-corrected chi connectivity index (χ0v) is 15.1. The molecule has 3 aromatic rings. The molecule has 0 radical (unpaired) electrons. The van der Waals surface area contributed by atoms with E-state index in [4.69, 9.17) is 10.2 Å². The van der Waals surface area contributed by atoms with Gasteiger partial charge in [-0.25, -0.2) is 0 Å². The SMILES string of the molecule is NC(=O)c1cccc2c1CCCN2C(=O)c1ccc(Cn2ccccc2=O)o1. The molecule has 0 unspecified atom stereocenters. The highest BCUT2D eigenvalue weighted by Crippen LogP contribution is 2.31. The average Bonchev–Trinajstić information content (AvgIpc) is 3.16. The summed E-state index contributed by atoms with van der Waals surface area (Å²) in [5.74, 6) is -0.0787. The van der Waals surface area contributed by atoms with Gasteiger partial charge in [0.05, 0.1) is 6.54 Å². The number of aromatic nitrogens is 1. The van der Waals surface area contributed by atoms with Gasteiger partial charge in [0.15, 0.2) is 5.76 Å². The molecule has 1 aromatic carbocycles. The van der Waals surface area contributed by atoms with Crippen molar-refractivity contribution < 1.29 is 14.0 Å². The molecule has 7 heteroatoms. The van der Waals surface area contributed by atoms with Gasteiger partial charge in [0.2, 0.25) is 5.91 Å². The fourth-order valence-electron chi connectivity index (χ4n) is 3.54. The molecule has 4 rings (SSSR count). The van der Waals surface area contributed by atoms with Crippen LogP contribution in [-0.4, -0.2) is 22.9 Å². The molecule has 3 heterocycles. The van der Waals surface area contributed by atoms with Crippen LogP contribution in [0.5, 0.6) is 0 Å². The predicted octanol–water partition coefficient (Wildman–Crippen LogP) is 2.18. The molecule has 28 heavy (non-hydrogen) atoms. The van der Waals surface area contributed by atoms with E-state index in [1.54, 1.807) is 47.5 Å². The Morgan fingerprint density at radius 3 is 2.71 bits per heavy atom. The summed E-state index contributed by atoms with van der Waals surface area (Å²) in [6, 6.07) is 13.4. The van der Waals surface area contributed by atoms with Gasteiger partial charge < -0.3 is 19.6 Å². The van der Waals surface area contributed by atoms with Gasteiger partial charge >= 0.3 is 0 Å². The van der Waals surface area contributed by atoms with Crippen LogP contribution in [0.1, 0.15) is 38.7 Å². The van der Waals surface area contributed by atoms with Gasteiger partial charge in [-0.3, -0.25) is 14.4 Å². The third-order valence-corrected chi connectivity index (χ3v) is 4.86. The van der Waals surface area contributed by atoms with Crippen LogP contribution in [0.25, 0.3) is 0 Å². The Hall–Kier alpha value is -3.61. The van der Waals surface area contributed by atoms with Crippen LogP contribution in [-0.2, 0) is 13.0 Å². The van der Waals surface area contributed by atoms with E-state index in [0.717, 1.165) is 12.0 Å². The van der Waals surface area contributed by atoms with Gasteiger partial charge in [0, 0.05) is 30.1 Å². The zero-order chi connectivity index (χ0) is 19.7. The first kappa shape index (κ1) is 17.8. The Morgan fingerprint density at radius 2 is 1.93 bits per heavy atom. The Labute approximate surface area is 161 Å². The first-order valence-corrected chi connectivity index (χ1v) is 9.02. The Kier molecular flexibility index (Phi) is 4.57. The second-order valence-electron chi connectivity index (χ2n) is 6.66. The van der Waals surface area contributed by atoms with E-state index >= 15 is 0 Å². The second kappa shape index (κ2) is 7.19. The monoisotopic (exact) mass is 377 g/mol. The van der Waals surface area contributed by atoms with Gasteiger partial charge in [0.25, 0.3) is 11.5 Å². The first-order valence-electron chi connectivity index (χ1n) is 9.02. The lowest BCUT2D eigenvalue weighted by atomic mass is 9.95. The molecule has 2 N–H and O–H groups in total. The molecular weight excluding hydrogens is 358 g/mol. The van der Waals surface area contributed by atoms with Gasteiger partial charge in [0.1, 0.15) is 5.76 Å². The number of nitrogens with two attached hydrogens (primary N) is 1. The van der Waals surface area contributed by atoms with Crippen molar-refractivity contribution in [1.82, 2.24) is 4.57 Å². The summed E-state index contributed by atoms with van der Waals surface area (Å²) in [5.41, 5.74) is 7.24. The summed E-state index contributed by atoms with van der Waals surface area (Å²) >= 11 is 0. The minimum atomic E-state index is -0.500. The number of nitrogens with zero attached hydrogens (tertiary/aromatic N) is 2. The normalized spacial score (nSPS) is 13.2. The summed E-state index contributed by atoms with van der Waals surface area (Å²) in [7, 11) is 0. The number of furan rings is 1. The number of anilines is 1. The van der Waals surface area contributed by atoms with E-state index in [9.17, 15) is 14.4 Å². The van der Waals surface area contributed by atoms with Crippen molar-refractivity contribution in [2.75, 3.05) is 11.4 Å². The van der Waals surface area contributed by atoms with Crippen molar-refractivity contribution in [2.24, 2.45) is 5.73 Å². The quantitative estimate of drug-likeness (QED) is 0.753. The standard InChI is InChI=1S/C21H19N3O4/c22-20(26)16-5-3-7-17-15(16)6-4-12-24(17)21(27)18-10-9-14(28-18)13-23-11-2-1-8-19(23)25/h1-3,5,7-11H,4,6,12-13H2,(H2,22,26). The molecule has 2 amide bonds. The smallest absolute Gasteiger partial charge is 0.293 e. The van der Waals surface area contributed by atoms with Crippen LogP contribution in [0, 0.1) is 0 Å². The van der Waals surface area contributed by atoms with Crippen LogP contribution in [0.2, 0.25) is 0 Å². The number of hydrogen-bond acceptors (Lipinski definition) is 4. The van der Waals surface area contributed by atoms with Gasteiger partial charge in [-0.05, 0) is 48.7 Å². The van der Waals surface area contributed by atoms with Crippen molar-refractivity contribution in [3.8, 4) is 0 Å². The number of primary amides is 1.